The van der Waals surface area contributed by atoms with Crippen molar-refractivity contribution in [3.05, 3.63) is 42.1 Å². The van der Waals surface area contributed by atoms with E-state index >= 15 is 0 Å². The number of fused-ring (bicyclic) bond motifs is 1. The molecular weight excluding hydrogens is 229 g/mol. The van der Waals surface area contributed by atoms with E-state index < -0.39 is 12.2 Å². The number of rotatable bonds is 2. The molecule has 0 aliphatic heterocycles. The zero-order chi connectivity index (χ0) is 12.5. The molecule has 17 heavy (non-hydrogen) atoms. The molecule has 0 bridgehead atoms. The van der Waals surface area contributed by atoms with Crippen LogP contribution < -0.4 is 5.32 Å². The van der Waals surface area contributed by atoms with Crippen LogP contribution in [0.3, 0.4) is 0 Å². The van der Waals surface area contributed by atoms with Gasteiger partial charge in [0.25, 0.3) is 0 Å². The van der Waals surface area contributed by atoms with Gasteiger partial charge in [-0.3, -0.25) is 4.98 Å². The smallest absolute Gasteiger partial charge is 0.306 e. The van der Waals surface area contributed by atoms with Crippen LogP contribution in [0.4, 0.5) is 13.2 Å². The van der Waals surface area contributed by atoms with Gasteiger partial charge in [0.05, 0.1) is 5.52 Å². The van der Waals surface area contributed by atoms with Crippen molar-refractivity contribution in [2.24, 2.45) is 0 Å². The van der Waals surface area contributed by atoms with Crippen LogP contribution in [0.2, 0.25) is 0 Å². The molecule has 1 atom stereocenters. The van der Waals surface area contributed by atoms with Gasteiger partial charge in [0.15, 0.2) is 0 Å². The molecule has 0 saturated carbocycles. The summed E-state index contributed by atoms with van der Waals surface area (Å²) in [5.74, 6) is 0. The molecule has 2 nitrogen and oxygen atoms in total. The van der Waals surface area contributed by atoms with E-state index in [-0.39, 0.29) is 5.56 Å². The largest absolute Gasteiger partial charge is 0.407 e. The maximum atomic E-state index is 12.9. The van der Waals surface area contributed by atoms with Crippen LogP contribution in [0.5, 0.6) is 0 Å². The van der Waals surface area contributed by atoms with E-state index in [0.717, 1.165) is 0 Å². The third-order valence-corrected chi connectivity index (χ3v) is 2.61. The van der Waals surface area contributed by atoms with Gasteiger partial charge in [0.2, 0.25) is 0 Å². The number of nitrogens with zero attached hydrogens (tertiary/aromatic N) is 1. The number of nitrogens with one attached hydrogen (secondary N) is 1. The molecule has 1 N–H and O–H groups in total. The van der Waals surface area contributed by atoms with Gasteiger partial charge in [-0.1, -0.05) is 18.2 Å². The van der Waals surface area contributed by atoms with Crippen molar-refractivity contribution in [1.29, 1.82) is 0 Å². The predicted octanol–water partition coefficient (Wildman–Crippen LogP) is 3.06. The fourth-order valence-electron chi connectivity index (χ4n) is 1.87. The number of aromatic nitrogens is 1. The van der Waals surface area contributed by atoms with Crippen LogP contribution in [-0.2, 0) is 0 Å². The quantitative estimate of drug-likeness (QED) is 0.872. The van der Waals surface area contributed by atoms with Gasteiger partial charge in [-0.2, -0.15) is 13.2 Å². The first-order valence-electron chi connectivity index (χ1n) is 5.11. The van der Waals surface area contributed by atoms with Crippen molar-refractivity contribution in [2.45, 2.75) is 12.2 Å². The molecule has 0 aliphatic rings. The van der Waals surface area contributed by atoms with E-state index in [1.807, 2.05) is 0 Å². The Kier molecular flexibility index (Phi) is 3.02. The Labute approximate surface area is 96.5 Å². The third-order valence-electron chi connectivity index (χ3n) is 2.61. The molecule has 0 radical (unpaired) electrons. The van der Waals surface area contributed by atoms with Crippen molar-refractivity contribution in [2.75, 3.05) is 7.05 Å². The Balaban J connectivity index is 2.62. The molecule has 0 spiro atoms. The van der Waals surface area contributed by atoms with Gasteiger partial charge >= 0.3 is 6.18 Å². The minimum atomic E-state index is -4.32. The molecule has 2 aromatic rings. The van der Waals surface area contributed by atoms with E-state index in [0.29, 0.717) is 10.9 Å². The molecule has 1 aromatic heterocycles. The number of alkyl halides is 3. The lowest BCUT2D eigenvalue weighted by Gasteiger charge is -2.21. The second kappa shape index (κ2) is 4.33. The van der Waals surface area contributed by atoms with Crippen LogP contribution in [0, 0.1) is 0 Å². The standard InChI is InChI=1S/C12H11F3N2/c1-16-11(12(13,14)15)9-4-2-6-10-8(9)5-3-7-17-10/h2-7,11,16H,1H3. The minimum Gasteiger partial charge on any atom is -0.306 e. The second-order valence-electron chi connectivity index (χ2n) is 3.68. The Bertz CT molecular complexity index is 517. The molecule has 0 aliphatic carbocycles. The molecule has 1 unspecified atom stereocenters. The van der Waals surface area contributed by atoms with E-state index in [1.165, 1.54) is 13.1 Å². The Morgan fingerprint density at radius 1 is 1.18 bits per heavy atom. The van der Waals surface area contributed by atoms with Crippen LogP contribution in [-0.4, -0.2) is 18.2 Å². The molecule has 1 heterocycles. The van der Waals surface area contributed by atoms with E-state index in [1.54, 1.807) is 30.5 Å². The normalized spacial score (nSPS) is 13.9. The highest BCUT2D eigenvalue weighted by atomic mass is 19.4. The van der Waals surface area contributed by atoms with Crippen LogP contribution in [0.1, 0.15) is 11.6 Å². The summed E-state index contributed by atoms with van der Waals surface area (Å²) in [6, 6.07) is 6.36. The molecule has 2 rings (SSSR count). The summed E-state index contributed by atoms with van der Waals surface area (Å²) < 4.78 is 38.6. The third kappa shape index (κ3) is 2.24. The highest BCUT2D eigenvalue weighted by Crippen LogP contribution is 2.35. The highest BCUT2D eigenvalue weighted by Gasteiger charge is 2.40. The van der Waals surface area contributed by atoms with E-state index in [9.17, 15) is 13.2 Å². The average Bonchev–Trinajstić information content (AvgIpc) is 2.28. The minimum absolute atomic E-state index is 0.200. The monoisotopic (exact) mass is 240 g/mol. The Hall–Kier alpha value is -1.62. The lowest BCUT2D eigenvalue weighted by atomic mass is 10.0. The zero-order valence-corrected chi connectivity index (χ0v) is 9.12. The van der Waals surface area contributed by atoms with Crippen LogP contribution in [0.25, 0.3) is 10.9 Å². The number of hydrogen-bond acceptors (Lipinski definition) is 2. The molecule has 1 aromatic carbocycles. The highest BCUT2D eigenvalue weighted by molar-refractivity contribution is 5.82. The SMILES string of the molecule is CNC(c1cccc2ncccc12)C(F)(F)F. The van der Waals surface area contributed by atoms with Gasteiger partial charge in [0, 0.05) is 11.6 Å². The number of halogens is 3. The van der Waals surface area contributed by atoms with E-state index in [2.05, 4.69) is 10.3 Å². The van der Waals surface area contributed by atoms with Crippen LogP contribution >= 0.6 is 0 Å². The van der Waals surface area contributed by atoms with E-state index in [4.69, 9.17) is 0 Å². The van der Waals surface area contributed by atoms with Crippen molar-refractivity contribution in [3.63, 3.8) is 0 Å². The fraction of sp³-hybridized carbons (Fsp3) is 0.250. The van der Waals surface area contributed by atoms with Gasteiger partial charge in [-0.15, -0.1) is 0 Å². The summed E-state index contributed by atoms with van der Waals surface area (Å²) in [6.07, 6.45) is -2.76. The number of hydrogen-bond donors (Lipinski definition) is 1. The van der Waals surface area contributed by atoms with Gasteiger partial charge < -0.3 is 5.32 Å². The molecular formula is C12H11F3N2. The first kappa shape index (κ1) is 11.9. The van der Waals surface area contributed by atoms with Crippen molar-refractivity contribution < 1.29 is 13.2 Å². The summed E-state index contributed by atoms with van der Waals surface area (Å²) in [5.41, 5.74) is 0.764. The van der Waals surface area contributed by atoms with Crippen molar-refractivity contribution in [3.8, 4) is 0 Å². The molecule has 0 fully saturated rings. The predicted molar refractivity (Wildman–Crippen MR) is 59.6 cm³/mol. The summed E-state index contributed by atoms with van der Waals surface area (Å²) in [7, 11) is 1.30. The summed E-state index contributed by atoms with van der Waals surface area (Å²) in [4.78, 5) is 4.05. The Morgan fingerprint density at radius 2 is 1.94 bits per heavy atom. The first-order valence-corrected chi connectivity index (χ1v) is 5.11. The zero-order valence-electron chi connectivity index (χ0n) is 9.12. The van der Waals surface area contributed by atoms with Gasteiger partial charge in [-0.25, -0.2) is 0 Å². The second-order valence-corrected chi connectivity index (χ2v) is 3.68. The van der Waals surface area contributed by atoms with Crippen molar-refractivity contribution in [1.82, 2.24) is 10.3 Å². The average molecular weight is 240 g/mol. The van der Waals surface area contributed by atoms with Gasteiger partial charge in [-0.05, 0) is 24.7 Å². The molecule has 90 valence electrons. The maximum absolute atomic E-state index is 12.9. The van der Waals surface area contributed by atoms with Crippen molar-refractivity contribution >= 4 is 10.9 Å². The fourth-order valence-corrected chi connectivity index (χ4v) is 1.87. The molecule has 0 saturated heterocycles. The first-order chi connectivity index (χ1) is 8.04. The van der Waals surface area contributed by atoms with Crippen LogP contribution in [0.15, 0.2) is 36.5 Å². The lowest BCUT2D eigenvalue weighted by Crippen LogP contribution is -2.31. The topological polar surface area (TPSA) is 24.9 Å². The maximum Gasteiger partial charge on any atom is 0.407 e. The number of pyridine rings is 1. The summed E-state index contributed by atoms with van der Waals surface area (Å²) in [5, 5.41) is 2.82. The summed E-state index contributed by atoms with van der Waals surface area (Å²) in [6.45, 7) is 0. The lowest BCUT2D eigenvalue weighted by molar-refractivity contribution is -0.156. The Morgan fingerprint density at radius 3 is 2.59 bits per heavy atom. The number of benzene rings is 1. The molecule has 0 amide bonds. The van der Waals surface area contributed by atoms with Gasteiger partial charge in [0.1, 0.15) is 6.04 Å². The summed E-state index contributed by atoms with van der Waals surface area (Å²) >= 11 is 0. The molecule has 5 heteroatoms.